The van der Waals surface area contributed by atoms with Crippen LogP contribution in [-0.2, 0) is 11.2 Å². The molecule has 112 valence electrons. The second-order valence-electron chi connectivity index (χ2n) is 5.63. The summed E-state index contributed by atoms with van der Waals surface area (Å²) in [6.07, 6.45) is 8.02. The molecule has 1 amide bonds. The molecular formula is C17H21NO3. The molecule has 1 aromatic rings. The molecule has 21 heavy (non-hydrogen) atoms. The zero-order valence-corrected chi connectivity index (χ0v) is 12.5. The molecule has 0 N–H and O–H groups in total. The Hall–Kier alpha value is -1.97. The molecule has 4 heteroatoms. The monoisotopic (exact) mass is 287 g/mol. The molecule has 1 aromatic carbocycles. The SMILES string of the molecule is COc1ccc(CC(=O)N2C3C=CCC2CC3)cc1OC. The highest BCUT2D eigenvalue weighted by atomic mass is 16.5. The molecule has 3 rings (SSSR count). The molecule has 2 unspecified atom stereocenters. The Morgan fingerprint density at radius 3 is 2.76 bits per heavy atom. The van der Waals surface area contributed by atoms with Gasteiger partial charge in [-0.15, -0.1) is 0 Å². The minimum Gasteiger partial charge on any atom is -0.493 e. The molecular weight excluding hydrogens is 266 g/mol. The van der Waals surface area contributed by atoms with E-state index in [1.165, 1.54) is 0 Å². The summed E-state index contributed by atoms with van der Waals surface area (Å²) < 4.78 is 10.5. The van der Waals surface area contributed by atoms with Crippen LogP contribution < -0.4 is 9.47 Å². The Morgan fingerprint density at radius 1 is 1.24 bits per heavy atom. The highest BCUT2D eigenvalue weighted by Crippen LogP contribution is 2.33. The van der Waals surface area contributed by atoms with Crippen LogP contribution >= 0.6 is 0 Å². The molecule has 2 heterocycles. The van der Waals surface area contributed by atoms with E-state index in [0.29, 0.717) is 30.0 Å². The fourth-order valence-corrected chi connectivity index (χ4v) is 3.37. The summed E-state index contributed by atoms with van der Waals surface area (Å²) in [5.41, 5.74) is 0.964. The van der Waals surface area contributed by atoms with E-state index in [9.17, 15) is 4.79 Å². The van der Waals surface area contributed by atoms with Gasteiger partial charge in [0.05, 0.1) is 26.7 Å². The van der Waals surface area contributed by atoms with Gasteiger partial charge in [-0.25, -0.2) is 0 Å². The Balaban J connectivity index is 1.75. The molecule has 2 aliphatic heterocycles. The normalized spacial score (nSPS) is 23.2. The summed E-state index contributed by atoms with van der Waals surface area (Å²) in [6.45, 7) is 0. The van der Waals surface area contributed by atoms with Crippen molar-refractivity contribution in [2.75, 3.05) is 14.2 Å². The van der Waals surface area contributed by atoms with Crippen molar-refractivity contribution < 1.29 is 14.3 Å². The molecule has 2 bridgehead atoms. The van der Waals surface area contributed by atoms with Crippen molar-refractivity contribution in [1.29, 1.82) is 0 Å². The molecule has 0 radical (unpaired) electrons. The summed E-state index contributed by atoms with van der Waals surface area (Å²) >= 11 is 0. The van der Waals surface area contributed by atoms with Crippen molar-refractivity contribution in [3.8, 4) is 11.5 Å². The van der Waals surface area contributed by atoms with Gasteiger partial charge in [-0.05, 0) is 37.0 Å². The topological polar surface area (TPSA) is 38.8 Å². The zero-order chi connectivity index (χ0) is 14.8. The van der Waals surface area contributed by atoms with Crippen LogP contribution in [0.5, 0.6) is 11.5 Å². The molecule has 0 aliphatic carbocycles. The summed E-state index contributed by atoms with van der Waals surface area (Å²) in [5.74, 6) is 1.57. The van der Waals surface area contributed by atoms with Crippen molar-refractivity contribution in [1.82, 2.24) is 4.90 Å². The number of nitrogens with zero attached hydrogens (tertiary/aromatic N) is 1. The maximum absolute atomic E-state index is 12.6. The van der Waals surface area contributed by atoms with Gasteiger partial charge in [0.25, 0.3) is 0 Å². The van der Waals surface area contributed by atoms with Gasteiger partial charge in [0.2, 0.25) is 5.91 Å². The molecule has 2 atom stereocenters. The van der Waals surface area contributed by atoms with Crippen LogP contribution in [0.15, 0.2) is 30.4 Å². The molecule has 1 saturated heterocycles. The number of methoxy groups -OCH3 is 2. The lowest BCUT2D eigenvalue weighted by Crippen LogP contribution is -2.42. The maximum Gasteiger partial charge on any atom is 0.227 e. The zero-order valence-electron chi connectivity index (χ0n) is 12.5. The standard InChI is InChI=1S/C17H21NO3/c1-20-15-9-6-12(10-16(15)21-2)11-17(19)18-13-4-3-5-14(18)8-7-13/h3-4,6,9-10,13-14H,5,7-8,11H2,1-2H3. The Bertz CT molecular complexity index is 567. The smallest absolute Gasteiger partial charge is 0.227 e. The Morgan fingerprint density at radius 2 is 2.05 bits per heavy atom. The minimum absolute atomic E-state index is 0.207. The third kappa shape index (κ3) is 2.62. The fourth-order valence-electron chi connectivity index (χ4n) is 3.37. The van der Waals surface area contributed by atoms with Crippen molar-refractivity contribution in [2.24, 2.45) is 0 Å². The van der Waals surface area contributed by atoms with E-state index in [1.807, 2.05) is 18.2 Å². The van der Waals surface area contributed by atoms with Crippen molar-refractivity contribution in [3.63, 3.8) is 0 Å². The average molecular weight is 287 g/mol. The van der Waals surface area contributed by atoms with Crippen LogP contribution in [0.25, 0.3) is 0 Å². The molecule has 1 fully saturated rings. The van der Waals surface area contributed by atoms with Crippen LogP contribution in [0.2, 0.25) is 0 Å². The quantitative estimate of drug-likeness (QED) is 0.799. The van der Waals surface area contributed by atoms with Crippen LogP contribution in [0.1, 0.15) is 24.8 Å². The first-order valence-corrected chi connectivity index (χ1v) is 7.41. The third-order valence-corrected chi connectivity index (χ3v) is 4.40. The summed E-state index contributed by atoms with van der Waals surface area (Å²) in [7, 11) is 3.22. The van der Waals surface area contributed by atoms with Crippen molar-refractivity contribution >= 4 is 5.91 Å². The van der Waals surface area contributed by atoms with Gasteiger partial charge in [0.1, 0.15) is 0 Å². The second kappa shape index (κ2) is 5.80. The molecule has 2 aliphatic rings. The van der Waals surface area contributed by atoms with Crippen molar-refractivity contribution in [3.05, 3.63) is 35.9 Å². The largest absolute Gasteiger partial charge is 0.493 e. The van der Waals surface area contributed by atoms with Crippen molar-refractivity contribution in [2.45, 2.75) is 37.8 Å². The van der Waals surface area contributed by atoms with Gasteiger partial charge in [0, 0.05) is 6.04 Å². The predicted octanol–water partition coefficient (Wildman–Crippen LogP) is 2.57. The first kappa shape index (κ1) is 14.0. The van der Waals surface area contributed by atoms with E-state index < -0.39 is 0 Å². The number of benzene rings is 1. The van der Waals surface area contributed by atoms with Crippen LogP contribution in [-0.4, -0.2) is 37.1 Å². The minimum atomic E-state index is 0.207. The third-order valence-electron chi connectivity index (χ3n) is 4.40. The number of hydrogen-bond donors (Lipinski definition) is 0. The molecule has 4 nitrogen and oxygen atoms in total. The highest BCUT2D eigenvalue weighted by molar-refractivity contribution is 5.80. The number of fused-ring (bicyclic) bond motifs is 2. The number of hydrogen-bond acceptors (Lipinski definition) is 3. The molecule has 0 saturated carbocycles. The first-order valence-electron chi connectivity index (χ1n) is 7.41. The highest BCUT2D eigenvalue weighted by Gasteiger charge is 2.36. The van der Waals surface area contributed by atoms with E-state index in [2.05, 4.69) is 17.1 Å². The van der Waals surface area contributed by atoms with Crippen LogP contribution in [0, 0.1) is 0 Å². The first-order chi connectivity index (χ1) is 10.2. The van der Waals surface area contributed by atoms with Gasteiger partial charge in [-0.3, -0.25) is 4.79 Å². The lowest BCUT2D eigenvalue weighted by molar-refractivity contribution is -0.132. The number of carbonyl (C=O) groups excluding carboxylic acids is 1. The van der Waals surface area contributed by atoms with Crippen LogP contribution in [0.3, 0.4) is 0 Å². The van der Waals surface area contributed by atoms with E-state index in [4.69, 9.17) is 9.47 Å². The number of ether oxygens (including phenoxy) is 2. The van der Waals surface area contributed by atoms with Gasteiger partial charge < -0.3 is 14.4 Å². The van der Waals surface area contributed by atoms with E-state index >= 15 is 0 Å². The number of amides is 1. The fraction of sp³-hybridized carbons (Fsp3) is 0.471. The predicted molar refractivity (Wildman–Crippen MR) is 80.7 cm³/mol. The van der Waals surface area contributed by atoms with Crippen LogP contribution in [0.4, 0.5) is 0 Å². The lowest BCUT2D eigenvalue weighted by Gasteiger charge is -2.31. The van der Waals surface area contributed by atoms with Gasteiger partial charge in [-0.1, -0.05) is 18.2 Å². The van der Waals surface area contributed by atoms with E-state index in [0.717, 1.165) is 24.8 Å². The Labute approximate surface area is 125 Å². The van der Waals surface area contributed by atoms with Gasteiger partial charge >= 0.3 is 0 Å². The average Bonchev–Trinajstić information content (AvgIpc) is 2.76. The second-order valence-corrected chi connectivity index (χ2v) is 5.63. The number of carbonyl (C=O) groups is 1. The van der Waals surface area contributed by atoms with E-state index in [-0.39, 0.29) is 5.91 Å². The van der Waals surface area contributed by atoms with E-state index in [1.54, 1.807) is 14.2 Å². The summed E-state index contributed by atoms with van der Waals surface area (Å²) in [5, 5.41) is 0. The Kier molecular flexibility index (Phi) is 3.86. The van der Waals surface area contributed by atoms with Gasteiger partial charge in [-0.2, -0.15) is 0 Å². The maximum atomic E-state index is 12.6. The molecule has 0 aromatic heterocycles. The molecule has 0 spiro atoms. The summed E-state index contributed by atoms with van der Waals surface area (Å²) in [6, 6.07) is 6.37. The summed E-state index contributed by atoms with van der Waals surface area (Å²) in [4.78, 5) is 14.7. The number of rotatable bonds is 4. The van der Waals surface area contributed by atoms with Gasteiger partial charge in [0.15, 0.2) is 11.5 Å². The lowest BCUT2D eigenvalue weighted by atomic mass is 10.1.